The molecule has 2 aliphatic carbocycles. The van der Waals surface area contributed by atoms with Gasteiger partial charge in [0.25, 0.3) is 11.8 Å². The molecule has 472 valence electrons. The first kappa shape index (κ1) is 67.3. The Kier molecular flexibility index (Phi) is 19.5. The van der Waals surface area contributed by atoms with Crippen LogP contribution in [0.15, 0.2) is 97.3 Å². The molecule has 10 rings (SSSR count). The number of thiazole rings is 2. The molecule has 8 atom stereocenters. The summed E-state index contributed by atoms with van der Waals surface area (Å²) in [6.45, 7) is 13.0. The minimum atomic E-state index is -3.71. The normalized spacial score (nSPS) is 23.5. The molecule has 88 heavy (non-hydrogen) atoms. The Morgan fingerprint density at radius 2 is 0.955 bits per heavy atom. The molecule has 2 saturated heterocycles. The number of hydrogen-bond acceptors (Lipinski definition) is 14. The molecule has 2 amide bonds. The largest absolute Gasteiger partial charge is 0.477 e. The fraction of sp³-hybridized carbons (Fsp3) is 0.452. The molecule has 16 nitrogen and oxygen atoms in total. The van der Waals surface area contributed by atoms with E-state index < -0.39 is 112 Å². The summed E-state index contributed by atoms with van der Waals surface area (Å²) in [5.41, 5.74) is -1.20. The number of nitrogens with zero attached hydrogens (tertiary/aromatic N) is 4. The Hall–Kier alpha value is -5.14. The first-order valence-electron chi connectivity index (χ1n) is 28.2. The zero-order chi connectivity index (χ0) is 64.4. The number of carboxylic acid groups (broad SMARTS) is 2. The third-order valence-corrected chi connectivity index (χ3v) is 24.8. The molecule has 4 aliphatic rings. The van der Waals surface area contributed by atoms with Crippen LogP contribution < -0.4 is 0 Å². The van der Waals surface area contributed by atoms with Crippen LogP contribution in [-0.2, 0) is 51.6 Å². The second-order valence-electron chi connectivity index (χ2n) is 25.1. The molecule has 0 spiro atoms. The molecular formula is C62H66Cl4F2N4O12S4. The van der Waals surface area contributed by atoms with E-state index in [1.54, 1.807) is 126 Å². The van der Waals surface area contributed by atoms with E-state index in [0.717, 1.165) is 48.4 Å². The lowest BCUT2D eigenvalue weighted by atomic mass is 9.85. The lowest BCUT2D eigenvalue weighted by Crippen LogP contribution is -2.62. The zero-order valence-corrected chi connectivity index (χ0v) is 55.5. The van der Waals surface area contributed by atoms with Crippen molar-refractivity contribution in [1.82, 2.24) is 19.8 Å². The number of amides is 2. The van der Waals surface area contributed by atoms with Gasteiger partial charge in [-0.05, 0) is 164 Å². The highest BCUT2D eigenvalue weighted by molar-refractivity contribution is 7.93. The van der Waals surface area contributed by atoms with Gasteiger partial charge in [-0.1, -0.05) is 82.8 Å². The van der Waals surface area contributed by atoms with Gasteiger partial charge in [-0.2, -0.15) is 0 Å². The quantitative estimate of drug-likeness (QED) is 0.0816. The van der Waals surface area contributed by atoms with Crippen molar-refractivity contribution in [2.45, 2.75) is 151 Å². The van der Waals surface area contributed by atoms with Crippen LogP contribution in [0.25, 0.3) is 0 Å². The summed E-state index contributed by atoms with van der Waals surface area (Å²) in [6.07, 6.45) is 3.41. The van der Waals surface area contributed by atoms with Gasteiger partial charge in [0.1, 0.15) is 33.6 Å². The van der Waals surface area contributed by atoms with Crippen LogP contribution in [0.1, 0.15) is 157 Å². The van der Waals surface area contributed by atoms with E-state index in [2.05, 4.69) is 9.97 Å². The van der Waals surface area contributed by atoms with Crippen LogP contribution >= 0.6 is 69.1 Å². The topological polar surface area (TPSA) is 228 Å². The fourth-order valence-corrected chi connectivity index (χ4v) is 16.3. The summed E-state index contributed by atoms with van der Waals surface area (Å²) in [5, 5.41) is 20.3. The van der Waals surface area contributed by atoms with Gasteiger partial charge in [-0.25, -0.2) is 45.2 Å². The van der Waals surface area contributed by atoms with Crippen molar-refractivity contribution >= 4 is 113 Å². The van der Waals surface area contributed by atoms with E-state index in [4.69, 9.17) is 55.9 Å². The van der Waals surface area contributed by atoms with Gasteiger partial charge < -0.3 is 29.5 Å². The highest BCUT2D eigenvalue weighted by atomic mass is 35.5. The molecule has 2 saturated carbocycles. The van der Waals surface area contributed by atoms with Crippen molar-refractivity contribution in [2.75, 3.05) is 11.5 Å². The van der Waals surface area contributed by atoms with Gasteiger partial charge in [-0.3, -0.25) is 9.59 Å². The second-order valence-corrected chi connectivity index (χ2v) is 34.6. The average Bonchev–Trinajstić information content (AvgIpc) is 2.20. The summed E-state index contributed by atoms with van der Waals surface area (Å²) in [5.74, 6) is -5.44. The number of morpholine rings is 2. The van der Waals surface area contributed by atoms with E-state index in [0.29, 0.717) is 42.3 Å². The molecule has 0 bridgehead atoms. The Bertz CT molecular complexity index is 3660. The Morgan fingerprint density at radius 3 is 1.24 bits per heavy atom. The fourth-order valence-electron chi connectivity index (χ4n) is 11.1. The van der Waals surface area contributed by atoms with Crippen molar-refractivity contribution in [2.24, 2.45) is 11.8 Å². The maximum atomic E-state index is 15.0. The van der Waals surface area contributed by atoms with Crippen molar-refractivity contribution in [3.63, 3.8) is 0 Å². The number of rotatable bonds is 18. The first-order valence-corrected chi connectivity index (χ1v) is 34.7. The second kappa shape index (κ2) is 25.5. The first-order chi connectivity index (χ1) is 41.0. The van der Waals surface area contributed by atoms with Gasteiger partial charge in [0.05, 0.1) is 65.5 Å². The molecule has 2 N–H and O–H groups in total. The van der Waals surface area contributed by atoms with E-state index in [9.17, 15) is 46.2 Å². The van der Waals surface area contributed by atoms with Crippen molar-refractivity contribution in [3.05, 3.63) is 171 Å². The van der Waals surface area contributed by atoms with Crippen LogP contribution in [0.3, 0.4) is 0 Å². The Morgan fingerprint density at radius 1 is 0.602 bits per heavy atom. The molecular weight excluding hydrogens is 1300 g/mol. The third-order valence-electron chi connectivity index (χ3n) is 16.4. The molecule has 4 aromatic carbocycles. The lowest BCUT2D eigenvalue weighted by Gasteiger charge is -2.52. The van der Waals surface area contributed by atoms with Crippen LogP contribution in [0.5, 0.6) is 0 Å². The third kappa shape index (κ3) is 14.5. The number of carbonyl (C=O) groups excluding carboxylic acids is 2. The van der Waals surface area contributed by atoms with Gasteiger partial charge in [0, 0.05) is 35.0 Å². The predicted molar refractivity (Wildman–Crippen MR) is 335 cm³/mol. The van der Waals surface area contributed by atoms with Crippen LogP contribution in [0.4, 0.5) is 8.78 Å². The lowest BCUT2D eigenvalue weighted by molar-refractivity contribution is -0.202. The van der Waals surface area contributed by atoms with Crippen molar-refractivity contribution < 1.29 is 64.5 Å². The molecule has 2 aliphatic heterocycles. The molecule has 6 aromatic rings. The minimum absolute atomic E-state index is 0.0109. The van der Waals surface area contributed by atoms with E-state index in [1.165, 1.54) is 36.7 Å². The summed E-state index contributed by atoms with van der Waals surface area (Å²) in [6, 6.07) is 19.0. The number of halogens is 6. The summed E-state index contributed by atoms with van der Waals surface area (Å²) < 4.78 is 95.9. The van der Waals surface area contributed by atoms with Gasteiger partial charge in [0.15, 0.2) is 30.9 Å². The van der Waals surface area contributed by atoms with Crippen molar-refractivity contribution in [3.8, 4) is 0 Å². The molecule has 2 aromatic heterocycles. The van der Waals surface area contributed by atoms with Gasteiger partial charge >= 0.3 is 11.9 Å². The molecule has 0 unspecified atom stereocenters. The monoisotopic (exact) mass is 1360 g/mol. The van der Waals surface area contributed by atoms with Crippen LogP contribution in [0, 0.1) is 23.5 Å². The standard InChI is InChI=1S/2C31H33Cl2FN2O6S2/c2*1-30(2,3)44(40,41)16-23(17-8-9-17)36-26(18-10-11-21(33)22(34)13-18)27(19-6-5-7-20(32)12-19)42-31(4,29(36)39)14-25-35-15-24(43-25)28(37)38/h2*5-7,10-13,15,17,23,26-27H,8-9,14,16H2,1-4H3,(H,37,38)/t23-,26-,27-,31+;23-,26-,27-,31-/m11/s1. The molecule has 0 radical (unpaired) electrons. The number of ether oxygens (including phenoxy) is 2. The number of carboxylic acids is 2. The number of hydrogen-bond donors (Lipinski definition) is 2. The number of benzene rings is 4. The number of aromatic carboxylic acids is 2. The predicted octanol–water partition coefficient (Wildman–Crippen LogP) is 13.8. The number of carbonyl (C=O) groups is 4. The van der Waals surface area contributed by atoms with E-state index in [1.807, 2.05) is 0 Å². The minimum Gasteiger partial charge on any atom is -0.477 e. The van der Waals surface area contributed by atoms with Crippen molar-refractivity contribution in [1.29, 1.82) is 0 Å². The number of sulfone groups is 2. The van der Waals surface area contributed by atoms with Gasteiger partial charge in [-0.15, -0.1) is 22.7 Å². The SMILES string of the molecule is CC(C)(C)S(=O)(=O)C[C@H](C1CC1)N1C(=O)[C@@](C)(Cc2ncc(C(=O)O)s2)O[C@H](c2cccc(Cl)c2)[C@H]1c1ccc(Cl)c(F)c1.CC(C)(C)S(=O)(=O)C[C@H](C1CC1)N1C(=O)[C@](C)(Cc2ncc(C(=O)O)s2)O[C@H](c2cccc(Cl)c2)[C@H]1c1ccc(Cl)c(F)c1. The average molecular weight is 1370 g/mol. The van der Waals surface area contributed by atoms with Crippen LogP contribution in [-0.4, -0.2) is 115 Å². The highest BCUT2D eigenvalue weighted by Gasteiger charge is 2.58. The highest BCUT2D eigenvalue weighted by Crippen LogP contribution is 2.54. The maximum absolute atomic E-state index is 15.0. The van der Waals surface area contributed by atoms with Crippen LogP contribution in [0.2, 0.25) is 20.1 Å². The molecule has 26 heteroatoms. The summed E-state index contributed by atoms with van der Waals surface area (Å²) >= 11 is 26.8. The van der Waals surface area contributed by atoms with E-state index in [-0.39, 0.29) is 56.0 Å². The van der Waals surface area contributed by atoms with E-state index >= 15 is 8.78 Å². The van der Waals surface area contributed by atoms with Gasteiger partial charge in [0.2, 0.25) is 0 Å². The number of aromatic nitrogens is 2. The maximum Gasteiger partial charge on any atom is 0.347 e. The summed E-state index contributed by atoms with van der Waals surface area (Å²) in [4.78, 5) is 64.4. The Labute approximate surface area is 538 Å². The molecule has 4 heterocycles. The zero-order valence-electron chi connectivity index (χ0n) is 49.2. The summed E-state index contributed by atoms with van der Waals surface area (Å²) in [7, 11) is -7.43. The molecule has 4 fully saturated rings. The smallest absolute Gasteiger partial charge is 0.347 e. The Balaban J connectivity index is 0.000000209.